The van der Waals surface area contributed by atoms with Crippen molar-refractivity contribution in [2.24, 2.45) is 10.9 Å². The Bertz CT molecular complexity index is 329. The Balaban J connectivity index is 0.00000529. The molecule has 6 nitrogen and oxygen atoms in total. The highest BCUT2D eigenvalue weighted by molar-refractivity contribution is 14.0. The van der Waals surface area contributed by atoms with Crippen molar-refractivity contribution in [2.45, 2.75) is 45.6 Å². The van der Waals surface area contributed by atoms with Gasteiger partial charge in [0.2, 0.25) is 0 Å². The molecule has 0 aromatic rings. The summed E-state index contributed by atoms with van der Waals surface area (Å²) in [6, 6.07) is 0. The molecule has 1 fully saturated rings. The summed E-state index contributed by atoms with van der Waals surface area (Å²) in [5.74, 6) is 1.53. The van der Waals surface area contributed by atoms with E-state index >= 15 is 0 Å². The summed E-state index contributed by atoms with van der Waals surface area (Å²) in [5, 5.41) is 10.1. The SMILES string of the molecule is CN=C(NCCCOCC1CCOCC1)NCCNC(C)(C)C.I. The molecule has 3 N–H and O–H groups in total. The lowest BCUT2D eigenvalue weighted by Crippen LogP contribution is -2.44. The minimum absolute atomic E-state index is 0. The summed E-state index contributed by atoms with van der Waals surface area (Å²) >= 11 is 0. The van der Waals surface area contributed by atoms with Crippen LogP contribution in [0, 0.1) is 5.92 Å². The van der Waals surface area contributed by atoms with Crippen LogP contribution in [-0.2, 0) is 9.47 Å². The first-order chi connectivity index (χ1) is 11.0. The Kier molecular flexibility index (Phi) is 14.0. The molecule has 0 aliphatic carbocycles. The zero-order chi connectivity index (χ0) is 17.0. The molecule has 0 bridgehead atoms. The minimum Gasteiger partial charge on any atom is -0.381 e. The molecule has 24 heavy (non-hydrogen) atoms. The second-order valence-electron chi connectivity index (χ2n) is 7.09. The van der Waals surface area contributed by atoms with Crippen LogP contribution >= 0.6 is 24.0 Å². The second-order valence-corrected chi connectivity index (χ2v) is 7.09. The van der Waals surface area contributed by atoms with Crippen molar-refractivity contribution in [2.75, 3.05) is 53.1 Å². The maximum atomic E-state index is 5.76. The van der Waals surface area contributed by atoms with Crippen LogP contribution in [0.15, 0.2) is 4.99 Å². The van der Waals surface area contributed by atoms with Gasteiger partial charge in [-0.2, -0.15) is 0 Å². The summed E-state index contributed by atoms with van der Waals surface area (Å²) in [6.07, 6.45) is 3.26. The van der Waals surface area contributed by atoms with Gasteiger partial charge < -0.3 is 25.4 Å². The quantitative estimate of drug-likeness (QED) is 0.214. The molecule has 1 aliphatic rings. The van der Waals surface area contributed by atoms with Crippen LogP contribution in [0.2, 0.25) is 0 Å². The number of hydrogen-bond acceptors (Lipinski definition) is 4. The van der Waals surface area contributed by atoms with Crippen molar-refractivity contribution in [3.05, 3.63) is 0 Å². The second kappa shape index (κ2) is 14.1. The Morgan fingerprint density at radius 2 is 1.79 bits per heavy atom. The first kappa shape index (κ1) is 23.9. The van der Waals surface area contributed by atoms with Crippen LogP contribution < -0.4 is 16.0 Å². The van der Waals surface area contributed by atoms with E-state index in [4.69, 9.17) is 9.47 Å². The number of aliphatic imine (C=N–C) groups is 1. The van der Waals surface area contributed by atoms with Crippen molar-refractivity contribution in [1.29, 1.82) is 0 Å². The van der Waals surface area contributed by atoms with Crippen molar-refractivity contribution in [3.8, 4) is 0 Å². The van der Waals surface area contributed by atoms with E-state index < -0.39 is 0 Å². The molecule has 1 aliphatic heterocycles. The topological polar surface area (TPSA) is 66.9 Å². The smallest absolute Gasteiger partial charge is 0.191 e. The van der Waals surface area contributed by atoms with Gasteiger partial charge >= 0.3 is 0 Å². The standard InChI is InChI=1S/C17H36N4O2.HI/c1-17(2,3)21-10-9-20-16(18-4)19-8-5-11-23-14-15-6-12-22-13-7-15;/h15,21H,5-14H2,1-4H3,(H2,18,19,20);1H. The third kappa shape index (κ3) is 13.2. The van der Waals surface area contributed by atoms with E-state index in [0.29, 0.717) is 5.92 Å². The van der Waals surface area contributed by atoms with Gasteiger partial charge in [0.15, 0.2) is 5.96 Å². The fourth-order valence-corrected chi connectivity index (χ4v) is 2.38. The lowest BCUT2D eigenvalue weighted by Gasteiger charge is -2.22. The molecule has 1 rings (SSSR count). The van der Waals surface area contributed by atoms with Crippen LogP contribution in [0.4, 0.5) is 0 Å². The third-order valence-corrected chi connectivity index (χ3v) is 3.75. The lowest BCUT2D eigenvalue weighted by atomic mass is 10.0. The third-order valence-electron chi connectivity index (χ3n) is 3.75. The maximum Gasteiger partial charge on any atom is 0.191 e. The minimum atomic E-state index is 0. The molecule has 0 radical (unpaired) electrons. The van der Waals surface area contributed by atoms with Crippen molar-refractivity contribution < 1.29 is 9.47 Å². The first-order valence-corrected chi connectivity index (χ1v) is 8.86. The molecule has 0 aromatic heterocycles. The molecule has 0 spiro atoms. The van der Waals surface area contributed by atoms with Gasteiger partial charge in [0.25, 0.3) is 0 Å². The van der Waals surface area contributed by atoms with Gasteiger partial charge in [-0.1, -0.05) is 0 Å². The van der Waals surface area contributed by atoms with Crippen LogP contribution in [0.25, 0.3) is 0 Å². The van der Waals surface area contributed by atoms with Crippen LogP contribution in [0.3, 0.4) is 0 Å². The maximum absolute atomic E-state index is 5.76. The highest BCUT2D eigenvalue weighted by atomic mass is 127. The van der Waals surface area contributed by atoms with Gasteiger partial charge in [-0.05, 0) is 46.0 Å². The number of halogens is 1. The predicted molar refractivity (Wildman–Crippen MR) is 112 cm³/mol. The number of hydrogen-bond donors (Lipinski definition) is 3. The monoisotopic (exact) mass is 456 g/mol. The Morgan fingerprint density at radius 1 is 1.12 bits per heavy atom. The number of nitrogens with one attached hydrogen (secondary N) is 3. The molecule has 7 heteroatoms. The van der Waals surface area contributed by atoms with Gasteiger partial charge in [-0.15, -0.1) is 24.0 Å². The van der Waals surface area contributed by atoms with Crippen LogP contribution in [-0.4, -0.2) is 64.6 Å². The summed E-state index contributed by atoms with van der Waals surface area (Å²) in [6.45, 7) is 12.6. The largest absolute Gasteiger partial charge is 0.381 e. The van der Waals surface area contributed by atoms with Gasteiger partial charge in [-0.3, -0.25) is 4.99 Å². The average molecular weight is 456 g/mol. The van der Waals surface area contributed by atoms with E-state index in [1.165, 1.54) is 0 Å². The number of guanidine groups is 1. The molecule has 0 amide bonds. The van der Waals surface area contributed by atoms with Gasteiger partial charge in [0, 0.05) is 58.6 Å². The van der Waals surface area contributed by atoms with Gasteiger partial charge in [0.05, 0.1) is 0 Å². The van der Waals surface area contributed by atoms with E-state index in [9.17, 15) is 0 Å². The summed E-state index contributed by atoms with van der Waals surface area (Å²) < 4.78 is 11.1. The fourth-order valence-electron chi connectivity index (χ4n) is 2.38. The summed E-state index contributed by atoms with van der Waals surface area (Å²) in [5.41, 5.74) is 0.153. The Labute approximate surface area is 164 Å². The molecule has 0 aromatic carbocycles. The molecular weight excluding hydrogens is 419 g/mol. The van der Waals surface area contributed by atoms with E-state index in [-0.39, 0.29) is 29.5 Å². The van der Waals surface area contributed by atoms with E-state index in [1.807, 2.05) is 0 Å². The molecule has 0 saturated carbocycles. The zero-order valence-corrected chi connectivity index (χ0v) is 18.2. The number of rotatable bonds is 9. The predicted octanol–water partition coefficient (Wildman–Crippen LogP) is 1.99. The van der Waals surface area contributed by atoms with Crippen molar-refractivity contribution in [1.82, 2.24) is 16.0 Å². The normalized spacial score (nSPS) is 16.6. The van der Waals surface area contributed by atoms with Crippen LogP contribution in [0.5, 0.6) is 0 Å². The number of nitrogens with zero attached hydrogens (tertiary/aromatic N) is 1. The molecule has 0 unspecified atom stereocenters. The lowest BCUT2D eigenvalue weighted by molar-refractivity contribution is 0.0203. The fraction of sp³-hybridized carbons (Fsp3) is 0.941. The van der Waals surface area contributed by atoms with E-state index in [1.54, 1.807) is 7.05 Å². The van der Waals surface area contributed by atoms with E-state index in [2.05, 4.69) is 41.7 Å². The van der Waals surface area contributed by atoms with Gasteiger partial charge in [0.1, 0.15) is 0 Å². The summed E-state index contributed by atoms with van der Waals surface area (Å²) in [4.78, 5) is 4.23. The summed E-state index contributed by atoms with van der Waals surface area (Å²) in [7, 11) is 1.80. The molecule has 0 atom stereocenters. The highest BCUT2D eigenvalue weighted by Crippen LogP contribution is 2.14. The zero-order valence-electron chi connectivity index (χ0n) is 15.8. The van der Waals surface area contributed by atoms with Crippen LogP contribution in [0.1, 0.15) is 40.0 Å². The average Bonchev–Trinajstić information content (AvgIpc) is 2.52. The molecule has 144 valence electrons. The van der Waals surface area contributed by atoms with Gasteiger partial charge in [-0.25, -0.2) is 0 Å². The highest BCUT2D eigenvalue weighted by Gasteiger charge is 2.13. The van der Waals surface area contributed by atoms with Crippen molar-refractivity contribution in [3.63, 3.8) is 0 Å². The molecule has 1 saturated heterocycles. The van der Waals surface area contributed by atoms with Crippen molar-refractivity contribution >= 4 is 29.9 Å². The Morgan fingerprint density at radius 3 is 2.42 bits per heavy atom. The Hall–Kier alpha value is -0.120. The molecule has 1 heterocycles. The first-order valence-electron chi connectivity index (χ1n) is 8.86. The van der Waals surface area contributed by atoms with E-state index in [0.717, 1.165) is 71.3 Å². The number of ether oxygens (including phenoxy) is 2. The molecular formula is C17H37IN4O2.